The first-order valence-corrected chi connectivity index (χ1v) is 11.7. The first kappa shape index (κ1) is 23.2. The normalized spacial score (nSPS) is 21.2. The summed E-state index contributed by atoms with van der Waals surface area (Å²) in [7, 11) is 0. The number of hydrogen-bond donors (Lipinski definition) is 3. The predicted molar refractivity (Wildman–Crippen MR) is 133 cm³/mol. The number of hydrogen-bond acceptors (Lipinski definition) is 3. The molecule has 1 aromatic carbocycles. The Balaban J connectivity index is 1.76. The maximum atomic E-state index is 13.6. The molecule has 1 saturated carbocycles. The van der Waals surface area contributed by atoms with Gasteiger partial charge in [-0.1, -0.05) is 17.5 Å². The summed E-state index contributed by atoms with van der Waals surface area (Å²) in [5.74, 6) is 2.32. The molecule has 33 heavy (non-hydrogen) atoms. The zero-order valence-electron chi connectivity index (χ0n) is 19.0. The SMILES string of the molecule is C#CCNC(=O)c1cc2c(cc1Cl)/C(=C/c1[nH]c(C)cc1C)C(=O)N2CC1CCC(N)CC1. The van der Waals surface area contributed by atoms with Crippen LogP contribution in [0.3, 0.4) is 0 Å². The Hall–Kier alpha value is -3.01. The summed E-state index contributed by atoms with van der Waals surface area (Å²) in [5, 5.41) is 2.94. The lowest BCUT2D eigenvalue weighted by Crippen LogP contribution is -2.36. The molecule has 4 N–H and O–H groups in total. The van der Waals surface area contributed by atoms with E-state index in [-0.39, 0.29) is 29.4 Å². The van der Waals surface area contributed by atoms with Crippen LogP contribution in [0.2, 0.25) is 5.02 Å². The number of aromatic amines is 1. The van der Waals surface area contributed by atoms with E-state index in [4.69, 9.17) is 23.8 Å². The number of aryl methyl sites for hydroxylation is 2. The molecule has 1 fully saturated rings. The zero-order valence-corrected chi connectivity index (χ0v) is 19.8. The molecule has 2 aliphatic rings. The molecule has 2 amide bonds. The van der Waals surface area contributed by atoms with Crippen LogP contribution in [-0.2, 0) is 4.79 Å². The molecule has 0 unspecified atom stereocenters. The van der Waals surface area contributed by atoms with E-state index >= 15 is 0 Å². The van der Waals surface area contributed by atoms with Gasteiger partial charge in [-0.25, -0.2) is 0 Å². The predicted octanol–water partition coefficient (Wildman–Crippen LogP) is 4.05. The molecule has 0 radical (unpaired) electrons. The molecule has 1 aliphatic heterocycles. The van der Waals surface area contributed by atoms with Gasteiger partial charge < -0.3 is 20.9 Å². The van der Waals surface area contributed by atoms with Gasteiger partial charge in [-0.3, -0.25) is 9.59 Å². The standard InChI is InChI=1S/C26H29ClN4O2/c1-4-9-29-25(32)21-13-24-19(11-22(21)27)20(12-23-15(2)10-16(3)30-23)26(33)31(24)14-17-5-7-18(28)8-6-17/h1,10-13,17-18,30H,5-9,14,28H2,2-3H3,(H,29,32)/b20-12-. The zero-order chi connectivity index (χ0) is 23.7. The van der Waals surface area contributed by atoms with Gasteiger partial charge in [0, 0.05) is 29.5 Å². The van der Waals surface area contributed by atoms with Gasteiger partial charge in [0.2, 0.25) is 0 Å². The van der Waals surface area contributed by atoms with Gasteiger partial charge >= 0.3 is 0 Å². The number of benzene rings is 1. The number of amides is 2. The van der Waals surface area contributed by atoms with Crippen molar-refractivity contribution in [3.8, 4) is 12.3 Å². The summed E-state index contributed by atoms with van der Waals surface area (Å²) in [6, 6.07) is 5.71. The van der Waals surface area contributed by atoms with E-state index in [2.05, 4.69) is 16.2 Å². The minimum absolute atomic E-state index is 0.0798. The minimum Gasteiger partial charge on any atom is -0.359 e. The van der Waals surface area contributed by atoms with Gasteiger partial charge in [-0.05, 0) is 75.3 Å². The van der Waals surface area contributed by atoms with E-state index in [1.165, 1.54) is 0 Å². The summed E-state index contributed by atoms with van der Waals surface area (Å²) in [4.78, 5) is 31.4. The van der Waals surface area contributed by atoms with Crippen LogP contribution in [-0.4, -0.2) is 35.9 Å². The van der Waals surface area contributed by atoms with Crippen LogP contribution in [0.15, 0.2) is 18.2 Å². The highest BCUT2D eigenvalue weighted by molar-refractivity contribution is 6.39. The third-order valence-electron chi connectivity index (χ3n) is 6.55. The lowest BCUT2D eigenvalue weighted by molar-refractivity contribution is -0.113. The van der Waals surface area contributed by atoms with Gasteiger partial charge in [0.1, 0.15) is 0 Å². The van der Waals surface area contributed by atoms with Crippen molar-refractivity contribution in [3.05, 3.63) is 51.3 Å². The fourth-order valence-electron chi connectivity index (χ4n) is 4.77. The molecule has 4 rings (SSSR count). The van der Waals surface area contributed by atoms with Crippen LogP contribution in [0.25, 0.3) is 11.6 Å². The van der Waals surface area contributed by atoms with Gasteiger partial charge in [0.05, 0.1) is 28.4 Å². The fraction of sp³-hybridized carbons (Fsp3) is 0.385. The number of aromatic nitrogens is 1. The van der Waals surface area contributed by atoms with Crippen molar-refractivity contribution in [3.63, 3.8) is 0 Å². The smallest absolute Gasteiger partial charge is 0.259 e. The molecular weight excluding hydrogens is 436 g/mol. The maximum Gasteiger partial charge on any atom is 0.259 e. The molecule has 0 bridgehead atoms. The van der Waals surface area contributed by atoms with Crippen molar-refractivity contribution in [2.24, 2.45) is 11.7 Å². The Bertz CT molecular complexity index is 1170. The van der Waals surface area contributed by atoms with E-state index in [0.29, 0.717) is 29.3 Å². The molecule has 6 nitrogen and oxygen atoms in total. The highest BCUT2D eigenvalue weighted by Gasteiger charge is 2.36. The maximum absolute atomic E-state index is 13.6. The Kier molecular flexibility index (Phi) is 6.64. The number of terminal acetylenes is 1. The van der Waals surface area contributed by atoms with Crippen LogP contribution >= 0.6 is 11.6 Å². The summed E-state index contributed by atoms with van der Waals surface area (Å²) in [6.07, 6.45) is 11.0. The molecule has 2 aromatic rings. The van der Waals surface area contributed by atoms with Crippen molar-refractivity contribution in [1.82, 2.24) is 10.3 Å². The van der Waals surface area contributed by atoms with Crippen LogP contribution in [0.4, 0.5) is 5.69 Å². The summed E-state index contributed by atoms with van der Waals surface area (Å²) >= 11 is 6.50. The minimum atomic E-state index is -0.356. The number of nitrogens with two attached hydrogens (primary N) is 1. The summed E-state index contributed by atoms with van der Waals surface area (Å²) in [5.41, 5.74) is 11.4. The van der Waals surface area contributed by atoms with Crippen molar-refractivity contribution < 1.29 is 9.59 Å². The fourth-order valence-corrected chi connectivity index (χ4v) is 5.01. The molecule has 0 atom stereocenters. The topological polar surface area (TPSA) is 91.2 Å². The molecule has 7 heteroatoms. The van der Waals surface area contributed by atoms with Crippen molar-refractivity contribution in [2.45, 2.75) is 45.6 Å². The molecule has 2 heterocycles. The van der Waals surface area contributed by atoms with Crippen molar-refractivity contribution >= 4 is 40.8 Å². The highest BCUT2D eigenvalue weighted by atomic mass is 35.5. The number of carbonyl (C=O) groups is 2. The van der Waals surface area contributed by atoms with E-state index in [1.54, 1.807) is 17.0 Å². The van der Waals surface area contributed by atoms with Gasteiger partial charge in [0.15, 0.2) is 0 Å². The highest BCUT2D eigenvalue weighted by Crippen LogP contribution is 2.42. The largest absolute Gasteiger partial charge is 0.359 e. The van der Waals surface area contributed by atoms with Crippen LogP contribution < -0.4 is 16.0 Å². The Morgan fingerprint density at radius 3 is 2.67 bits per heavy atom. The van der Waals surface area contributed by atoms with Crippen molar-refractivity contribution in [2.75, 3.05) is 18.0 Å². The van der Waals surface area contributed by atoms with Crippen LogP contribution in [0, 0.1) is 32.1 Å². The number of halogens is 1. The first-order chi connectivity index (χ1) is 15.8. The summed E-state index contributed by atoms with van der Waals surface area (Å²) in [6.45, 7) is 4.68. The molecular formula is C26H29ClN4O2. The number of nitrogens with zero attached hydrogens (tertiary/aromatic N) is 1. The lowest BCUT2D eigenvalue weighted by Gasteiger charge is -2.30. The van der Waals surface area contributed by atoms with Crippen LogP contribution in [0.5, 0.6) is 0 Å². The summed E-state index contributed by atoms with van der Waals surface area (Å²) < 4.78 is 0. The van der Waals surface area contributed by atoms with Crippen LogP contribution in [0.1, 0.15) is 58.6 Å². The van der Waals surface area contributed by atoms with Gasteiger partial charge in [-0.2, -0.15) is 0 Å². The Morgan fingerprint density at radius 2 is 2.03 bits per heavy atom. The number of H-pyrrole nitrogens is 1. The quantitative estimate of drug-likeness (QED) is 0.460. The second kappa shape index (κ2) is 9.46. The molecule has 1 aromatic heterocycles. The number of carbonyl (C=O) groups excluding carboxylic acids is 2. The van der Waals surface area contributed by atoms with E-state index in [9.17, 15) is 9.59 Å². The van der Waals surface area contributed by atoms with Gasteiger partial charge in [0.25, 0.3) is 11.8 Å². The second-order valence-electron chi connectivity index (χ2n) is 9.04. The molecule has 1 aliphatic carbocycles. The van der Waals surface area contributed by atoms with E-state index < -0.39 is 0 Å². The monoisotopic (exact) mass is 464 g/mol. The average Bonchev–Trinajstić information content (AvgIpc) is 3.23. The first-order valence-electron chi connectivity index (χ1n) is 11.3. The Labute approximate surface area is 199 Å². The average molecular weight is 465 g/mol. The van der Waals surface area contributed by atoms with Gasteiger partial charge in [-0.15, -0.1) is 6.42 Å². The van der Waals surface area contributed by atoms with Crippen molar-refractivity contribution in [1.29, 1.82) is 0 Å². The number of anilines is 1. The lowest BCUT2D eigenvalue weighted by atomic mass is 9.86. The number of nitrogens with one attached hydrogen (secondary N) is 2. The Morgan fingerprint density at radius 1 is 1.30 bits per heavy atom. The molecule has 0 saturated heterocycles. The second-order valence-corrected chi connectivity index (χ2v) is 9.45. The number of fused-ring (bicyclic) bond motifs is 1. The third kappa shape index (κ3) is 4.71. The third-order valence-corrected chi connectivity index (χ3v) is 6.86. The van der Waals surface area contributed by atoms with E-state index in [1.807, 2.05) is 26.0 Å². The van der Waals surface area contributed by atoms with E-state index in [0.717, 1.165) is 48.2 Å². The molecule has 172 valence electrons. The number of rotatable bonds is 5. The molecule has 0 spiro atoms.